The Bertz CT molecular complexity index is 572. The average Bonchev–Trinajstić information content (AvgIpc) is 2.89. The minimum absolute atomic E-state index is 0.0372. The summed E-state index contributed by atoms with van der Waals surface area (Å²) in [5, 5.41) is 12.5. The Morgan fingerprint density at radius 1 is 1.43 bits per heavy atom. The molecule has 1 fully saturated rings. The van der Waals surface area contributed by atoms with E-state index < -0.39 is 5.97 Å². The van der Waals surface area contributed by atoms with E-state index in [-0.39, 0.29) is 29.5 Å². The quantitative estimate of drug-likeness (QED) is 0.831. The number of aromatic nitrogens is 1. The predicted octanol–water partition coefficient (Wildman–Crippen LogP) is 2.92. The van der Waals surface area contributed by atoms with Gasteiger partial charge in [-0.1, -0.05) is 19.8 Å². The van der Waals surface area contributed by atoms with E-state index in [1.165, 1.54) is 6.42 Å². The van der Waals surface area contributed by atoms with Crippen LogP contribution in [0.1, 0.15) is 65.9 Å². The molecule has 1 aliphatic carbocycles. The Morgan fingerprint density at radius 2 is 2.13 bits per heavy atom. The summed E-state index contributed by atoms with van der Waals surface area (Å²) in [7, 11) is 0. The Labute approximate surface area is 140 Å². The van der Waals surface area contributed by atoms with Crippen molar-refractivity contribution in [3.63, 3.8) is 0 Å². The molecule has 23 heavy (non-hydrogen) atoms. The van der Waals surface area contributed by atoms with Crippen molar-refractivity contribution in [2.75, 3.05) is 6.61 Å². The van der Waals surface area contributed by atoms with Crippen LogP contribution in [0.4, 0.5) is 0 Å². The topological polar surface area (TPSA) is 88.5 Å². The summed E-state index contributed by atoms with van der Waals surface area (Å²) in [5.41, 5.74) is 0.478. The number of carboxylic acid groups (broad SMARTS) is 1. The number of ether oxygens (including phenoxy) is 1. The van der Waals surface area contributed by atoms with E-state index in [1.807, 2.05) is 0 Å². The largest absolute Gasteiger partial charge is 0.477 e. The molecule has 2 N–H and O–H groups in total. The first-order valence-electron chi connectivity index (χ1n) is 8.00. The van der Waals surface area contributed by atoms with Crippen molar-refractivity contribution < 1.29 is 19.4 Å². The summed E-state index contributed by atoms with van der Waals surface area (Å²) in [6.07, 6.45) is 4.71. The first-order valence-corrected chi connectivity index (χ1v) is 8.81. The molecule has 0 aromatic carbocycles. The molecule has 7 heteroatoms. The van der Waals surface area contributed by atoms with E-state index in [9.17, 15) is 9.59 Å². The van der Waals surface area contributed by atoms with Gasteiger partial charge in [-0.15, -0.1) is 11.3 Å². The van der Waals surface area contributed by atoms with Crippen LogP contribution in [0.15, 0.2) is 0 Å². The van der Waals surface area contributed by atoms with Crippen molar-refractivity contribution in [3.05, 3.63) is 15.6 Å². The number of hydrogen-bond donors (Lipinski definition) is 2. The number of hydrogen-bond acceptors (Lipinski definition) is 5. The molecule has 1 heterocycles. The van der Waals surface area contributed by atoms with Crippen molar-refractivity contribution in [1.29, 1.82) is 0 Å². The Morgan fingerprint density at radius 3 is 2.74 bits per heavy atom. The number of amides is 1. The second-order valence-corrected chi connectivity index (χ2v) is 7.20. The number of carboxylic acids is 1. The third kappa shape index (κ3) is 4.75. The minimum atomic E-state index is -0.987. The normalized spacial score (nSPS) is 22.6. The van der Waals surface area contributed by atoms with Crippen LogP contribution in [0, 0.1) is 12.8 Å². The molecule has 0 aliphatic heterocycles. The van der Waals surface area contributed by atoms with Crippen molar-refractivity contribution >= 4 is 23.2 Å². The number of nitrogens with zero attached hydrogens (tertiary/aromatic N) is 1. The maximum atomic E-state index is 12.0. The summed E-state index contributed by atoms with van der Waals surface area (Å²) in [6.45, 7) is 5.65. The lowest BCUT2D eigenvalue weighted by Crippen LogP contribution is -2.34. The summed E-state index contributed by atoms with van der Waals surface area (Å²) < 4.78 is 5.74. The smallest absolute Gasteiger partial charge is 0.347 e. The molecule has 1 saturated carbocycles. The first kappa shape index (κ1) is 17.9. The van der Waals surface area contributed by atoms with E-state index in [0.717, 1.165) is 30.6 Å². The minimum Gasteiger partial charge on any atom is -0.477 e. The van der Waals surface area contributed by atoms with Gasteiger partial charge < -0.3 is 15.2 Å². The van der Waals surface area contributed by atoms with Crippen LogP contribution in [0.3, 0.4) is 0 Å². The van der Waals surface area contributed by atoms with Crippen LogP contribution < -0.4 is 5.32 Å². The number of carbonyl (C=O) groups is 2. The zero-order valence-electron chi connectivity index (χ0n) is 13.8. The summed E-state index contributed by atoms with van der Waals surface area (Å²) in [5.74, 6) is -0.687. The van der Waals surface area contributed by atoms with Crippen LogP contribution >= 0.6 is 11.3 Å². The predicted molar refractivity (Wildman–Crippen MR) is 87.7 cm³/mol. The molecule has 6 nitrogen and oxygen atoms in total. The van der Waals surface area contributed by atoms with Crippen molar-refractivity contribution in [2.24, 2.45) is 5.92 Å². The van der Waals surface area contributed by atoms with Crippen LogP contribution in [0.2, 0.25) is 0 Å². The number of thiazole rings is 1. The van der Waals surface area contributed by atoms with Crippen molar-refractivity contribution in [2.45, 2.75) is 58.6 Å². The number of aryl methyl sites for hydroxylation is 1. The average molecular weight is 340 g/mol. The van der Waals surface area contributed by atoms with Gasteiger partial charge in [0.1, 0.15) is 16.5 Å². The maximum Gasteiger partial charge on any atom is 0.347 e. The molecule has 128 valence electrons. The zero-order valence-corrected chi connectivity index (χ0v) is 14.6. The van der Waals surface area contributed by atoms with Crippen molar-refractivity contribution in [3.8, 4) is 0 Å². The fourth-order valence-electron chi connectivity index (χ4n) is 2.86. The molecular weight excluding hydrogens is 316 g/mol. The Balaban J connectivity index is 1.84. The lowest BCUT2D eigenvalue weighted by atomic mass is 9.88. The zero-order chi connectivity index (χ0) is 17.0. The summed E-state index contributed by atoms with van der Waals surface area (Å²) in [4.78, 5) is 27.5. The van der Waals surface area contributed by atoms with Gasteiger partial charge in [0, 0.05) is 0 Å². The van der Waals surface area contributed by atoms with Gasteiger partial charge >= 0.3 is 5.97 Å². The van der Waals surface area contributed by atoms with E-state index >= 15 is 0 Å². The van der Waals surface area contributed by atoms with E-state index in [0.29, 0.717) is 16.6 Å². The van der Waals surface area contributed by atoms with Gasteiger partial charge in [0.15, 0.2) is 0 Å². The van der Waals surface area contributed by atoms with Crippen LogP contribution in [0.5, 0.6) is 0 Å². The van der Waals surface area contributed by atoms with Gasteiger partial charge in [0.2, 0.25) is 5.91 Å². The standard InChI is InChI=1S/C16H24N2O4S/c1-9-6-4-5-7-12(9)22-8-13(19)17-11(3)15-18-10(2)14(23-15)16(20)21/h9,11-12H,4-8H2,1-3H3,(H,17,19)(H,20,21). The van der Waals surface area contributed by atoms with Gasteiger partial charge in [-0.05, 0) is 32.6 Å². The highest BCUT2D eigenvalue weighted by Gasteiger charge is 2.23. The second kappa shape index (κ2) is 7.88. The number of rotatable bonds is 6. The molecule has 1 aromatic heterocycles. The van der Waals surface area contributed by atoms with Gasteiger partial charge in [-0.25, -0.2) is 9.78 Å². The molecule has 0 radical (unpaired) electrons. The second-order valence-electron chi connectivity index (χ2n) is 6.17. The fraction of sp³-hybridized carbons (Fsp3) is 0.688. The third-order valence-electron chi connectivity index (χ3n) is 4.22. The third-order valence-corrected chi connectivity index (χ3v) is 5.54. The number of nitrogens with one attached hydrogen (secondary N) is 1. The highest BCUT2D eigenvalue weighted by molar-refractivity contribution is 7.13. The van der Waals surface area contributed by atoms with Gasteiger partial charge in [-0.2, -0.15) is 0 Å². The lowest BCUT2D eigenvalue weighted by Gasteiger charge is -2.28. The molecule has 1 aromatic rings. The SMILES string of the molecule is Cc1nc(C(C)NC(=O)COC2CCCCC2C)sc1C(=O)O. The highest BCUT2D eigenvalue weighted by atomic mass is 32.1. The number of aromatic carboxylic acids is 1. The first-order chi connectivity index (χ1) is 10.9. The molecule has 1 aliphatic rings. The Hall–Kier alpha value is -1.47. The molecule has 2 rings (SSSR count). The molecule has 0 saturated heterocycles. The summed E-state index contributed by atoms with van der Waals surface area (Å²) in [6, 6.07) is -0.327. The van der Waals surface area contributed by atoms with Crippen LogP contribution in [-0.4, -0.2) is 34.7 Å². The molecule has 0 spiro atoms. The monoisotopic (exact) mass is 340 g/mol. The van der Waals surface area contributed by atoms with E-state index in [1.54, 1.807) is 13.8 Å². The lowest BCUT2D eigenvalue weighted by molar-refractivity contribution is -0.130. The number of carbonyl (C=O) groups excluding carboxylic acids is 1. The fourth-order valence-corrected chi connectivity index (χ4v) is 3.77. The summed E-state index contributed by atoms with van der Waals surface area (Å²) >= 11 is 1.10. The Kier molecular flexibility index (Phi) is 6.12. The van der Waals surface area contributed by atoms with E-state index in [4.69, 9.17) is 9.84 Å². The molecule has 1 amide bonds. The van der Waals surface area contributed by atoms with E-state index in [2.05, 4.69) is 17.2 Å². The van der Waals surface area contributed by atoms with Gasteiger partial charge in [0.05, 0.1) is 17.8 Å². The molecule has 0 bridgehead atoms. The van der Waals surface area contributed by atoms with Gasteiger partial charge in [-0.3, -0.25) is 4.79 Å². The maximum absolute atomic E-state index is 12.0. The van der Waals surface area contributed by atoms with Crippen molar-refractivity contribution in [1.82, 2.24) is 10.3 Å². The highest BCUT2D eigenvalue weighted by Crippen LogP contribution is 2.26. The molecular formula is C16H24N2O4S. The van der Waals surface area contributed by atoms with Crippen LogP contribution in [-0.2, 0) is 9.53 Å². The molecule has 3 unspecified atom stereocenters. The molecule has 3 atom stereocenters. The van der Waals surface area contributed by atoms with Crippen LogP contribution in [0.25, 0.3) is 0 Å². The van der Waals surface area contributed by atoms with Gasteiger partial charge in [0.25, 0.3) is 0 Å².